The largest absolute Gasteiger partial charge is 0.380 e. The highest BCUT2D eigenvalue weighted by molar-refractivity contribution is 4.99. The molecule has 2 saturated heterocycles. The van der Waals surface area contributed by atoms with Gasteiger partial charge >= 0.3 is 0 Å². The molecule has 17 heavy (non-hydrogen) atoms. The van der Waals surface area contributed by atoms with Gasteiger partial charge in [0, 0.05) is 18.6 Å². The van der Waals surface area contributed by atoms with Crippen molar-refractivity contribution in [2.24, 2.45) is 0 Å². The predicted molar refractivity (Wildman–Crippen MR) is 63.9 cm³/mol. The zero-order chi connectivity index (χ0) is 11.7. The van der Waals surface area contributed by atoms with Crippen LogP contribution in [-0.2, 0) is 4.74 Å². The molecule has 1 unspecified atom stereocenters. The van der Waals surface area contributed by atoms with Crippen molar-refractivity contribution >= 4 is 0 Å². The number of aromatic amines is 1. The summed E-state index contributed by atoms with van der Waals surface area (Å²) in [5, 5.41) is 7.22. The van der Waals surface area contributed by atoms with Crippen LogP contribution in [0.2, 0.25) is 0 Å². The van der Waals surface area contributed by atoms with Gasteiger partial charge in [-0.1, -0.05) is 0 Å². The summed E-state index contributed by atoms with van der Waals surface area (Å²) in [7, 11) is 0. The second-order valence-corrected chi connectivity index (χ2v) is 5.11. The van der Waals surface area contributed by atoms with Crippen molar-refractivity contribution in [3.63, 3.8) is 0 Å². The Kier molecular flexibility index (Phi) is 3.11. The number of aryl methyl sites for hydroxylation is 1. The first-order chi connectivity index (χ1) is 8.33. The topological polar surface area (TPSA) is 54.0 Å². The number of piperidine rings is 1. The minimum absolute atomic E-state index is 0.540. The molecule has 2 fully saturated rings. The second kappa shape index (κ2) is 4.74. The number of rotatable bonds is 2. The lowest BCUT2D eigenvalue weighted by molar-refractivity contribution is 0.121. The Labute approximate surface area is 102 Å². The molecule has 1 aromatic rings. The van der Waals surface area contributed by atoms with Crippen LogP contribution in [0.5, 0.6) is 0 Å². The van der Waals surface area contributed by atoms with E-state index in [1.165, 1.54) is 19.3 Å². The molecule has 5 nitrogen and oxygen atoms in total. The summed E-state index contributed by atoms with van der Waals surface area (Å²) >= 11 is 0. The second-order valence-electron chi connectivity index (χ2n) is 5.11. The van der Waals surface area contributed by atoms with Crippen LogP contribution in [0, 0.1) is 6.92 Å². The van der Waals surface area contributed by atoms with Gasteiger partial charge in [0.1, 0.15) is 5.82 Å². The standard InChI is InChI=1S/C12H20N4O/c1-9-13-12(15-14-9)10-2-5-16(6-3-10)11-4-7-17-8-11/h10-11H,2-8H2,1H3,(H,13,14,15). The maximum atomic E-state index is 5.45. The molecular weight excluding hydrogens is 216 g/mol. The summed E-state index contributed by atoms with van der Waals surface area (Å²) in [6.45, 7) is 6.13. The van der Waals surface area contributed by atoms with E-state index in [4.69, 9.17) is 4.74 Å². The van der Waals surface area contributed by atoms with Crippen LogP contribution in [0.4, 0.5) is 0 Å². The Balaban J connectivity index is 1.56. The molecule has 0 aromatic carbocycles. The Morgan fingerprint density at radius 1 is 1.29 bits per heavy atom. The van der Waals surface area contributed by atoms with Gasteiger partial charge in [-0.05, 0) is 39.3 Å². The van der Waals surface area contributed by atoms with E-state index in [2.05, 4.69) is 20.1 Å². The molecule has 1 atom stereocenters. The van der Waals surface area contributed by atoms with Gasteiger partial charge in [-0.25, -0.2) is 4.98 Å². The lowest BCUT2D eigenvalue weighted by atomic mass is 9.95. The highest BCUT2D eigenvalue weighted by Gasteiger charge is 2.29. The summed E-state index contributed by atoms with van der Waals surface area (Å²) in [4.78, 5) is 7.02. The SMILES string of the molecule is Cc1nc(C2CCN(C3CCOC3)CC2)n[nH]1. The number of H-pyrrole nitrogens is 1. The molecule has 2 aliphatic rings. The van der Waals surface area contributed by atoms with Gasteiger partial charge in [0.05, 0.1) is 6.61 Å². The number of ether oxygens (including phenoxy) is 1. The van der Waals surface area contributed by atoms with E-state index in [0.717, 1.165) is 38.0 Å². The van der Waals surface area contributed by atoms with Crippen LogP contribution in [-0.4, -0.2) is 52.4 Å². The maximum absolute atomic E-state index is 5.45. The Bertz CT molecular complexity index is 364. The van der Waals surface area contributed by atoms with E-state index in [0.29, 0.717) is 12.0 Å². The van der Waals surface area contributed by atoms with Crippen molar-refractivity contribution in [1.29, 1.82) is 0 Å². The third kappa shape index (κ3) is 2.35. The lowest BCUT2D eigenvalue weighted by Gasteiger charge is -2.34. The molecule has 3 heterocycles. The Morgan fingerprint density at radius 2 is 2.12 bits per heavy atom. The fourth-order valence-corrected chi connectivity index (χ4v) is 2.88. The van der Waals surface area contributed by atoms with E-state index in [1.54, 1.807) is 0 Å². The highest BCUT2D eigenvalue weighted by atomic mass is 16.5. The quantitative estimate of drug-likeness (QED) is 0.835. The first kappa shape index (κ1) is 11.2. The van der Waals surface area contributed by atoms with Crippen molar-refractivity contribution in [2.75, 3.05) is 26.3 Å². The van der Waals surface area contributed by atoms with Crippen LogP contribution in [0.1, 0.15) is 36.8 Å². The van der Waals surface area contributed by atoms with Crippen LogP contribution in [0.15, 0.2) is 0 Å². The normalized spacial score (nSPS) is 27.7. The number of nitrogens with zero attached hydrogens (tertiary/aromatic N) is 3. The minimum Gasteiger partial charge on any atom is -0.380 e. The number of hydrogen-bond acceptors (Lipinski definition) is 4. The monoisotopic (exact) mass is 236 g/mol. The average molecular weight is 236 g/mol. The summed E-state index contributed by atoms with van der Waals surface area (Å²) in [5.74, 6) is 2.47. The van der Waals surface area contributed by atoms with Gasteiger partial charge in [-0.2, -0.15) is 5.10 Å². The van der Waals surface area contributed by atoms with Gasteiger partial charge in [0.15, 0.2) is 5.82 Å². The fraction of sp³-hybridized carbons (Fsp3) is 0.833. The molecule has 0 amide bonds. The van der Waals surface area contributed by atoms with Crippen LogP contribution in [0.25, 0.3) is 0 Å². The van der Waals surface area contributed by atoms with Crippen molar-refractivity contribution in [1.82, 2.24) is 20.1 Å². The Hall–Kier alpha value is -0.940. The molecule has 1 N–H and O–H groups in total. The smallest absolute Gasteiger partial charge is 0.153 e. The van der Waals surface area contributed by atoms with Crippen molar-refractivity contribution in [2.45, 2.75) is 38.1 Å². The molecule has 0 radical (unpaired) electrons. The zero-order valence-electron chi connectivity index (χ0n) is 10.4. The first-order valence-corrected chi connectivity index (χ1v) is 6.53. The third-order valence-electron chi connectivity index (χ3n) is 3.93. The van der Waals surface area contributed by atoms with E-state index < -0.39 is 0 Å². The van der Waals surface area contributed by atoms with Crippen molar-refractivity contribution < 1.29 is 4.74 Å². The molecular formula is C12H20N4O. The summed E-state index contributed by atoms with van der Waals surface area (Å²) in [6.07, 6.45) is 3.55. The minimum atomic E-state index is 0.540. The number of aromatic nitrogens is 3. The van der Waals surface area contributed by atoms with Crippen molar-refractivity contribution in [3.05, 3.63) is 11.6 Å². The molecule has 0 saturated carbocycles. The summed E-state index contributed by atoms with van der Waals surface area (Å²) in [5.41, 5.74) is 0. The van der Waals surface area contributed by atoms with Gasteiger partial charge < -0.3 is 4.74 Å². The van der Waals surface area contributed by atoms with Crippen LogP contribution in [0.3, 0.4) is 0 Å². The molecule has 0 aliphatic carbocycles. The molecule has 0 bridgehead atoms. The molecule has 2 aliphatic heterocycles. The van der Waals surface area contributed by atoms with E-state index in [9.17, 15) is 0 Å². The molecule has 1 aromatic heterocycles. The van der Waals surface area contributed by atoms with E-state index in [-0.39, 0.29) is 0 Å². The van der Waals surface area contributed by atoms with Gasteiger partial charge in [0.2, 0.25) is 0 Å². The van der Waals surface area contributed by atoms with Gasteiger partial charge in [0.25, 0.3) is 0 Å². The predicted octanol–water partition coefficient (Wildman–Crippen LogP) is 1.08. The summed E-state index contributed by atoms with van der Waals surface area (Å²) in [6, 6.07) is 0.657. The summed E-state index contributed by atoms with van der Waals surface area (Å²) < 4.78 is 5.45. The molecule has 5 heteroatoms. The molecule has 0 spiro atoms. The number of nitrogens with one attached hydrogen (secondary N) is 1. The Morgan fingerprint density at radius 3 is 2.71 bits per heavy atom. The molecule has 3 rings (SSSR count). The molecule has 94 valence electrons. The zero-order valence-corrected chi connectivity index (χ0v) is 10.4. The lowest BCUT2D eigenvalue weighted by Crippen LogP contribution is -2.41. The third-order valence-corrected chi connectivity index (χ3v) is 3.93. The number of hydrogen-bond donors (Lipinski definition) is 1. The van der Waals surface area contributed by atoms with Gasteiger partial charge in [-0.3, -0.25) is 10.00 Å². The average Bonchev–Trinajstić information content (AvgIpc) is 3.00. The fourth-order valence-electron chi connectivity index (χ4n) is 2.88. The highest BCUT2D eigenvalue weighted by Crippen LogP contribution is 2.27. The van der Waals surface area contributed by atoms with Crippen LogP contribution >= 0.6 is 0 Å². The first-order valence-electron chi connectivity index (χ1n) is 6.53. The van der Waals surface area contributed by atoms with E-state index >= 15 is 0 Å². The van der Waals surface area contributed by atoms with Gasteiger partial charge in [-0.15, -0.1) is 0 Å². The van der Waals surface area contributed by atoms with Crippen LogP contribution < -0.4 is 0 Å². The van der Waals surface area contributed by atoms with Crippen molar-refractivity contribution in [3.8, 4) is 0 Å². The maximum Gasteiger partial charge on any atom is 0.153 e. The van der Waals surface area contributed by atoms with E-state index in [1.807, 2.05) is 6.92 Å². The number of likely N-dealkylation sites (tertiary alicyclic amines) is 1.